The van der Waals surface area contributed by atoms with E-state index in [0.29, 0.717) is 5.69 Å². The molecular weight excluding hydrogens is 258 g/mol. The maximum atomic E-state index is 12.0. The standard InChI is InChI=1S/C12H19N7O/c1-7(13)10-5-19(17-15-10)6-11(20)14-12-8(2)16-18(4)9(12)3/h5,7H,6,13H2,1-4H3,(H,14,20). The van der Waals surface area contributed by atoms with Crippen LogP contribution in [0.2, 0.25) is 0 Å². The molecule has 20 heavy (non-hydrogen) atoms. The second-order valence-corrected chi connectivity index (χ2v) is 4.85. The van der Waals surface area contributed by atoms with Gasteiger partial charge in [-0.1, -0.05) is 5.21 Å². The van der Waals surface area contributed by atoms with Crippen LogP contribution < -0.4 is 11.1 Å². The third-order valence-electron chi connectivity index (χ3n) is 3.10. The minimum absolute atomic E-state index is 0.0908. The van der Waals surface area contributed by atoms with Crippen molar-refractivity contribution in [2.75, 3.05) is 5.32 Å². The molecule has 0 aromatic carbocycles. The van der Waals surface area contributed by atoms with Crippen LogP contribution in [0.25, 0.3) is 0 Å². The molecule has 2 aromatic heterocycles. The lowest BCUT2D eigenvalue weighted by Gasteiger charge is -2.05. The minimum Gasteiger partial charge on any atom is -0.323 e. The van der Waals surface area contributed by atoms with Gasteiger partial charge in [-0.25, -0.2) is 4.68 Å². The number of carbonyl (C=O) groups is 1. The number of nitrogens with one attached hydrogen (secondary N) is 1. The van der Waals surface area contributed by atoms with Gasteiger partial charge >= 0.3 is 0 Å². The molecule has 0 radical (unpaired) electrons. The summed E-state index contributed by atoms with van der Waals surface area (Å²) in [6, 6.07) is -0.199. The van der Waals surface area contributed by atoms with Crippen molar-refractivity contribution in [3.8, 4) is 0 Å². The van der Waals surface area contributed by atoms with Crippen LogP contribution in [0.1, 0.15) is 30.0 Å². The Morgan fingerprint density at radius 1 is 1.50 bits per heavy atom. The van der Waals surface area contributed by atoms with Gasteiger partial charge in [0.05, 0.1) is 29.0 Å². The minimum atomic E-state index is -0.199. The van der Waals surface area contributed by atoms with Gasteiger partial charge in [0.1, 0.15) is 6.54 Å². The Morgan fingerprint density at radius 3 is 2.70 bits per heavy atom. The zero-order chi connectivity index (χ0) is 14.9. The largest absolute Gasteiger partial charge is 0.323 e. The van der Waals surface area contributed by atoms with Crippen molar-refractivity contribution < 1.29 is 4.79 Å². The zero-order valence-electron chi connectivity index (χ0n) is 12.1. The first-order valence-corrected chi connectivity index (χ1v) is 6.34. The second-order valence-electron chi connectivity index (χ2n) is 4.85. The second kappa shape index (κ2) is 5.41. The van der Waals surface area contributed by atoms with Crippen LogP contribution in [-0.2, 0) is 18.4 Å². The third-order valence-corrected chi connectivity index (χ3v) is 3.10. The van der Waals surface area contributed by atoms with Gasteiger partial charge in [-0.15, -0.1) is 5.10 Å². The lowest BCUT2D eigenvalue weighted by Crippen LogP contribution is -2.20. The molecule has 2 heterocycles. The predicted molar refractivity (Wildman–Crippen MR) is 73.9 cm³/mol. The van der Waals surface area contributed by atoms with Crippen LogP contribution in [-0.4, -0.2) is 30.7 Å². The zero-order valence-corrected chi connectivity index (χ0v) is 12.1. The van der Waals surface area contributed by atoms with Gasteiger partial charge in [0.15, 0.2) is 0 Å². The van der Waals surface area contributed by atoms with Crippen LogP contribution in [0.3, 0.4) is 0 Å². The number of carbonyl (C=O) groups excluding carboxylic acids is 1. The number of amides is 1. The highest BCUT2D eigenvalue weighted by molar-refractivity contribution is 5.91. The van der Waals surface area contributed by atoms with Gasteiger partial charge in [-0.3, -0.25) is 9.48 Å². The molecule has 1 unspecified atom stereocenters. The van der Waals surface area contributed by atoms with E-state index in [-0.39, 0.29) is 18.5 Å². The number of nitrogens with zero attached hydrogens (tertiary/aromatic N) is 5. The molecule has 8 nitrogen and oxygen atoms in total. The fraction of sp³-hybridized carbons (Fsp3) is 0.500. The highest BCUT2D eigenvalue weighted by Gasteiger charge is 2.14. The van der Waals surface area contributed by atoms with E-state index in [0.717, 1.165) is 17.1 Å². The van der Waals surface area contributed by atoms with Crippen LogP contribution >= 0.6 is 0 Å². The Hall–Kier alpha value is -2.22. The van der Waals surface area contributed by atoms with Gasteiger partial charge in [-0.05, 0) is 20.8 Å². The quantitative estimate of drug-likeness (QED) is 0.835. The summed E-state index contributed by atoms with van der Waals surface area (Å²) in [4.78, 5) is 12.0. The summed E-state index contributed by atoms with van der Waals surface area (Å²) in [7, 11) is 1.84. The Labute approximate surface area is 116 Å². The number of nitrogens with two attached hydrogens (primary N) is 1. The molecule has 0 spiro atoms. The summed E-state index contributed by atoms with van der Waals surface area (Å²) in [5.74, 6) is -0.176. The Kier molecular flexibility index (Phi) is 3.84. The summed E-state index contributed by atoms with van der Waals surface area (Å²) in [5, 5.41) is 14.9. The molecule has 0 bridgehead atoms. The van der Waals surface area contributed by atoms with Crippen molar-refractivity contribution >= 4 is 11.6 Å². The monoisotopic (exact) mass is 277 g/mol. The molecule has 0 saturated carbocycles. The summed E-state index contributed by atoms with van der Waals surface area (Å²) in [6.45, 7) is 5.66. The molecule has 1 amide bonds. The molecular formula is C12H19N7O. The van der Waals surface area contributed by atoms with Crippen LogP contribution in [0.5, 0.6) is 0 Å². The van der Waals surface area contributed by atoms with Gasteiger partial charge in [0.2, 0.25) is 5.91 Å². The first kappa shape index (κ1) is 14.2. The van der Waals surface area contributed by atoms with E-state index in [1.54, 1.807) is 10.9 Å². The first-order valence-electron chi connectivity index (χ1n) is 6.34. The Bertz CT molecular complexity index is 626. The van der Waals surface area contributed by atoms with Gasteiger partial charge < -0.3 is 11.1 Å². The Morgan fingerprint density at radius 2 is 2.20 bits per heavy atom. The number of anilines is 1. The van der Waals surface area contributed by atoms with E-state index in [2.05, 4.69) is 20.7 Å². The fourth-order valence-corrected chi connectivity index (χ4v) is 1.88. The number of hydrogen-bond acceptors (Lipinski definition) is 5. The van der Waals surface area contributed by atoms with E-state index in [9.17, 15) is 4.79 Å². The van der Waals surface area contributed by atoms with Gasteiger partial charge in [-0.2, -0.15) is 5.10 Å². The summed E-state index contributed by atoms with van der Waals surface area (Å²) in [6.07, 6.45) is 1.67. The van der Waals surface area contributed by atoms with E-state index in [4.69, 9.17) is 5.73 Å². The molecule has 1 atom stereocenters. The molecule has 0 aliphatic rings. The first-order chi connectivity index (χ1) is 9.38. The normalized spacial score (nSPS) is 12.4. The highest BCUT2D eigenvalue weighted by Crippen LogP contribution is 2.18. The van der Waals surface area contributed by atoms with Crippen molar-refractivity contribution in [3.05, 3.63) is 23.3 Å². The molecule has 2 aromatic rings. The van der Waals surface area contributed by atoms with Crippen molar-refractivity contribution in [1.29, 1.82) is 0 Å². The Balaban J connectivity index is 2.05. The van der Waals surface area contributed by atoms with Crippen LogP contribution in [0.15, 0.2) is 6.20 Å². The molecule has 0 fully saturated rings. The summed E-state index contributed by atoms with van der Waals surface area (Å²) in [5.41, 5.74) is 8.79. The van der Waals surface area contributed by atoms with Gasteiger partial charge in [0.25, 0.3) is 0 Å². The van der Waals surface area contributed by atoms with Crippen LogP contribution in [0.4, 0.5) is 5.69 Å². The van der Waals surface area contributed by atoms with Crippen molar-refractivity contribution in [1.82, 2.24) is 24.8 Å². The SMILES string of the molecule is Cc1nn(C)c(C)c1NC(=O)Cn1cc(C(C)N)nn1. The van der Waals surface area contributed by atoms with Crippen molar-refractivity contribution in [2.45, 2.75) is 33.4 Å². The van der Waals surface area contributed by atoms with E-state index in [1.807, 2.05) is 27.8 Å². The lowest BCUT2D eigenvalue weighted by molar-refractivity contribution is -0.116. The average Bonchev–Trinajstić information content (AvgIpc) is 2.91. The van der Waals surface area contributed by atoms with Crippen molar-refractivity contribution in [3.63, 3.8) is 0 Å². The molecule has 0 saturated heterocycles. The van der Waals surface area contributed by atoms with Crippen LogP contribution in [0, 0.1) is 13.8 Å². The number of rotatable bonds is 4. The maximum Gasteiger partial charge on any atom is 0.246 e. The lowest BCUT2D eigenvalue weighted by atomic mass is 10.3. The van der Waals surface area contributed by atoms with Crippen molar-refractivity contribution in [2.24, 2.45) is 12.8 Å². The maximum absolute atomic E-state index is 12.0. The highest BCUT2D eigenvalue weighted by atomic mass is 16.2. The average molecular weight is 277 g/mol. The van der Waals surface area contributed by atoms with Gasteiger partial charge in [0, 0.05) is 13.1 Å². The summed E-state index contributed by atoms with van der Waals surface area (Å²) < 4.78 is 3.20. The topological polar surface area (TPSA) is 104 Å². The molecule has 3 N–H and O–H groups in total. The number of aromatic nitrogens is 5. The summed E-state index contributed by atoms with van der Waals surface area (Å²) >= 11 is 0. The fourth-order valence-electron chi connectivity index (χ4n) is 1.88. The van der Waals surface area contributed by atoms with E-state index < -0.39 is 0 Å². The molecule has 0 aliphatic heterocycles. The molecule has 8 heteroatoms. The third kappa shape index (κ3) is 2.85. The molecule has 0 aliphatic carbocycles. The molecule has 108 valence electrons. The van der Waals surface area contributed by atoms with E-state index >= 15 is 0 Å². The van der Waals surface area contributed by atoms with E-state index in [1.165, 1.54) is 4.68 Å². The number of hydrogen-bond donors (Lipinski definition) is 2. The predicted octanol–water partition coefficient (Wildman–Crippen LogP) is 0.287. The smallest absolute Gasteiger partial charge is 0.246 e. The number of aryl methyl sites for hydroxylation is 2. The molecule has 2 rings (SSSR count).